The molecule has 3 heteroatoms. The van der Waals surface area contributed by atoms with E-state index in [1.807, 2.05) is 0 Å². The second-order valence-electron chi connectivity index (χ2n) is 13.0. The molecule has 1 aliphatic heterocycles. The molecule has 1 aromatic rings. The molecule has 0 saturated heterocycles. The van der Waals surface area contributed by atoms with Gasteiger partial charge in [0, 0.05) is 29.3 Å². The lowest BCUT2D eigenvalue weighted by Gasteiger charge is -2.26. The van der Waals surface area contributed by atoms with E-state index < -0.39 is 0 Å². The number of amidine groups is 1. The lowest BCUT2D eigenvalue weighted by atomic mass is 9.81. The van der Waals surface area contributed by atoms with Crippen molar-refractivity contribution < 1.29 is 0 Å². The largest absolute Gasteiger partial charge is 0.260 e. The predicted molar refractivity (Wildman–Crippen MR) is 186 cm³/mol. The summed E-state index contributed by atoms with van der Waals surface area (Å²) < 4.78 is 0. The van der Waals surface area contributed by atoms with E-state index in [1.54, 1.807) is 0 Å². The van der Waals surface area contributed by atoms with Crippen molar-refractivity contribution in [3.8, 4) is 0 Å². The second-order valence-corrected chi connectivity index (χ2v) is 13.0. The quantitative estimate of drug-likeness (QED) is 0.309. The number of allylic oxidation sites excluding steroid dienone is 15. The van der Waals surface area contributed by atoms with E-state index in [1.165, 1.54) is 64.9 Å². The summed E-state index contributed by atoms with van der Waals surface area (Å²) in [5.41, 5.74) is 10.2. The Morgan fingerprint density at radius 1 is 0.682 bits per heavy atom. The molecule has 0 N–H and O–H groups in total. The summed E-state index contributed by atoms with van der Waals surface area (Å²) in [5, 5.41) is 0. The SMILES string of the molecule is C1=CCC(c2ncc(C3=CC(/C4=N/C(C5=CCCC=C5)=N\C(C5=CCCCC5)=C/CC4)CC=C3)cc2C2CC=CCC2)C=C1. The summed E-state index contributed by atoms with van der Waals surface area (Å²) >= 11 is 0. The second kappa shape index (κ2) is 13.8. The van der Waals surface area contributed by atoms with Crippen molar-refractivity contribution in [1.29, 1.82) is 0 Å². The molecule has 224 valence electrons. The summed E-state index contributed by atoms with van der Waals surface area (Å²) in [6.07, 6.45) is 48.9. The number of rotatable bonds is 6. The van der Waals surface area contributed by atoms with Gasteiger partial charge >= 0.3 is 0 Å². The first-order chi connectivity index (χ1) is 21.8. The summed E-state index contributed by atoms with van der Waals surface area (Å²) in [7, 11) is 0. The topological polar surface area (TPSA) is 37.6 Å². The van der Waals surface area contributed by atoms with Crippen LogP contribution >= 0.6 is 0 Å². The fourth-order valence-corrected chi connectivity index (χ4v) is 7.44. The molecule has 1 aromatic heterocycles. The van der Waals surface area contributed by atoms with Crippen LogP contribution in [0.5, 0.6) is 0 Å². The molecule has 0 fully saturated rings. The highest BCUT2D eigenvalue weighted by Gasteiger charge is 2.25. The van der Waals surface area contributed by atoms with Crippen LogP contribution in [0.1, 0.15) is 112 Å². The molecular formula is C41H45N3. The average Bonchev–Trinajstić information content (AvgIpc) is 3.10. The van der Waals surface area contributed by atoms with Crippen LogP contribution in [0, 0.1) is 5.92 Å². The van der Waals surface area contributed by atoms with Crippen LogP contribution in [-0.4, -0.2) is 16.5 Å². The molecule has 0 saturated carbocycles. The Bertz CT molecular complexity index is 1600. The zero-order valence-corrected chi connectivity index (χ0v) is 26.0. The first-order valence-electron chi connectivity index (χ1n) is 17.1. The number of aromatic nitrogens is 1. The van der Waals surface area contributed by atoms with Gasteiger partial charge in [0.25, 0.3) is 0 Å². The molecule has 0 radical (unpaired) electrons. The van der Waals surface area contributed by atoms with Crippen LogP contribution in [0.3, 0.4) is 0 Å². The summed E-state index contributed by atoms with van der Waals surface area (Å²) in [4.78, 5) is 15.8. The van der Waals surface area contributed by atoms with Gasteiger partial charge in [-0.1, -0.05) is 85.1 Å². The van der Waals surface area contributed by atoms with Crippen LogP contribution < -0.4 is 0 Å². The highest BCUT2D eigenvalue weighted by molar-refractivity contribution is 6.10. The van der Waals surface area contributed by atoms with Crippen LogP contribution in [0.4, 0.5) is 0 Å². The van der Waals surface area contributed by atoms with E-state index in [4.69, 9.17) is 15.0 Å². The van der Waals surface area contributed by atoms with Gasteiger partial charge in [-0.2, -0.15) is 0 Å². The fourth-order valence-electron chi connectivity index (χ4n) is 7.44. The molecular weight excluding hydrogens is 534 g/mol. The lowest BCUT2D eigenvalue weighted by Crippen LogP contribution is -2.18. The van der Waals surface area contributed by atoms with Crippen molar-refractivity contribution in [2.75, 3.05) is 0 Å². The Morgan fingerprint density at radius 3 is 2.45 bits per heavy atom. The van der Waals surface area contributed by atoms with Gasteiger partial charge in [0.2, 0.25) is 0 Å². The van der Waals surface area contributed by atoms with Gasteiger partial charge in [-0.25, -0.2) is 9.98 Å². The first kappa shape index (κ1) is 28.9. The van der Waals surface area contributed by atoms with Gasteiger partial charge in [0.15, 0.2) is 5.84 Å². The van der Waals surface area contributed by atoms with Crippen molar-refractivity contribution in [2.45, 2.75) is 95.3 Å². The van der Waals surface area contributed by atoms with Crippen LogP contribution in [0.15, 0.2) is 124 Å². The van der Waals surface area contributed by atoms with Crippen molar-refractivity contribution in [1.82, 2.24) is 4.98 Å². The molecule has 0 amide bonds. The molecule has 44 heavy (non-hydrogen) atoms. The van der Waals surface area contributed by atoms with Crippen molar-refractivity contribution in [3.05, 3.63) is 131 Å². The Morgan fingerprint density at radius 2 is 1.64 bits per heavy atom. The maximum atomic E-state index is 5.39. The van der Waals surface area contributed by atoms with Crippen LogP contribution in [-0.2, 0) is 0 Å². The molecule has 3 atom stereocenters. The maximum Gasteiger partial charge on any atom is 0.159 e. The van der Waals surface area contributed by atoms with Crippen molar-refractivity contribution in [2.24, 2.45) is 15.9 Å². The molecule has 3 unspecified atom stereocenters. The minimum absolute atomic E-state index is 0.268. The van der Waals surface area contributed by atoms with E-state index in [0.717, 1.165) is 69.3 Å². The van der Waals surface area contributed by atoms with Crippen LogP contribution in [0.25, 0.3) is 5.57 Å². The molecule has 3 nitrogen and oxygen atoms in total. The van der Waals surface area contributed by atoms with Gasteiger partial charge in [-0.3, -0.25) is 4.98 Å². The highest BCUT2D eigenvalue weighted by Crippen LogP contribution is 2.38. The number of hydrogen-bond acceptors (Lipinski definition) is 3. The zero-order valence-electron chi connectivity index (χ0n) is 26.0. The van der Waals surface area contributed by atoms with Crippen LogP contribution in [0.2, 0.25) is 0 Å². The molecule has 7 rings (SSSR count). The summed E-state index contributed by atoms with van der Waals surface area (Å²) in [6, 6.07) is 2.47. The Balaban J connectivity index is 1.22. The van der Waals surface area contributed by atoms with Crippen molar-refractivity contribution in [3.63, 3.8) is 0 Å². The summed E-state index contributed by atoms with van der Waals surface area (Å²) in [5.74, 6) is 2.07. The summed E-state index contributed by atoms with van der Waals surface area (Å²) in [6.45, 7) is 0. The third kappa shape index (κ3) is 6.62. The number of nitrogens with zero attached hydrogens (tertiary/aromatic N) is 3. The molecule has 0 bridgehead atoms. The highest BCUT2D eigenvalue weighted by atomic mass is 14.9. The van der Waals surface area contributed by atoms with E-state index in [9.17, 15) is 0 Å². The Kier molecular flexibility index (Phi) is 9.09. The van der Waals surface area contributed by atoms with Gasteiger partial charge < -0.3 is 0 Å². The van der Waals surface area contributed by atoms with Gasteiger partial charge in [-0.05, 0) is 118 Å². The molecule has 0 aromatic carbocycles. The number of hydrogen-bond donors (Lipinski definition) is 0. The fraction of sp³-hybridized carbons (Fsp3) is 0.390. The monoisotopic (exact) mass is 579 g/mol. The maximum absolute atomic E-state index is 5.39. The normalized spacial score (nSPS) is 30.5. The van der Waals surface area contributed by atoms with E-state index >= 15 is 0 Å². The predicted octanol–water partition coefficient (Wildman–Crippen LogP) is 10.8. The molecule has 5 aliphatic carbocycles. The third-order valence-electron chi connectivity index (χ3n) is 9.91. The lowest BCUT2D eigenvalue weighted by molar-refractivity contribution is 0.601. The average molecular weight is 580 g/mol. The number of pyridine rings is 1. The minimum Gasteiger partial charge on any atom is -0.260 e. The molecule has 6 aliphatic rings. The minimum atomic E-state index is 0.268. The smallest absolute Gasteiger partial charge is 0.159 e. The Hall–Kier alpha value is -3.85. The number of aliphatic imine (C=N–C) groups is 2. The van der Waals surface area contributed by atoms with E-state index in [2.05, 4.69) is 97.3 Å². The third-order valence-corrected chi connectivity index (χ3v) is 9.91. The standard InChI is InChI=1S/C41H45N3/c1-5-15-30(16-6-1)37-28-36(29-42-40(37)32-19-9-3-10-20-32)34-23-13-24-35(27-34)39-26-14-25-38(31-17-7-2-8-18-31)43-41(44-39)33-21-11-4-12-22-33/h1,3,5,9-11,13,17,19,21-23,25,27-30,32,35H,2,4,6-8,12,14-16,18,20,24,26H2/b38-25-,43-41-,44-39+. The van der Waals surface area contributed by atoms with Gasteiger partial charge in [-0.15, -0.1) is 0 Å². The van der Waals surface area contributed by atoms with Gasteiger partial charge in [0.1, 0.15) is 0 Å². The van der Waals surface area contributed by atoms with E-state index in [0.29, 0.717) is 11.8 Å². The molecule has 2 heterocycles. The zero-order chi connectivity index (χ0) is 29.6. The molecule has 0 spiro atoms. The Labute approximate surface area is 263 Å². The van der Waals surface area contributed by atoms with E-state index in [-0.39, 0.29) is 5.92 Å². The van der Waals surface area contributed by atoms with Crippen molar-refractivity contribution >= 4 is 17.1 Å². The first-order valence-corrected chi connectivity index (χ1v) is 17.1. The van der Waals surface area contributed by atoms with Gasteiger partial charge in [0.05, 0.1) is 11.4 Å².